The van der Waals surface area contributed by atoms with Crippen LogP contribution < -0.4 is 0 Å². The van der Waals surface area contributed by atoms with Gasteiger partial charge in [-0.25, -0.2) is 0 Å². The molecule has 24 heavy (non-hydrogen) atoms. The van der Waals surface area contributed by atoms with Crippen molar-refractivity contribution in [3.8, 4) is 0 Å². The van der Waals surface area contributed by atoms with Gasteiger partial charge in [-0.2, -0.15) is 0 Å². The van der Waals surface area contributed by atoms with Gasteiger partial charge in [0.1, 0.15) is 5.78 Å². The van der Waals surface area contributed by atoms with Crippen LogP contribution in [0.3, 0.4) is 0 Å². The molecule has 0 saturated heterocycles. The van der Waals surface area contributed by atoms with Crippen molar-refractivity contribution in [2.75, 3.05) is 13.2 Å². The summed E-state index contributed by atoms with van der Waals surface area (Å²) in [5.74, 6) is 3.69. The maximum atomic E-state index is 12.5. The Hall–Kier alpha value is -0.370. The molecule has 0 spiro atoms. The summed E-state index contributed by atoms with van der Waals surface area (Å²) in [5, 5.41) is 0. The van der Waals surface area contributed by atoms with Crippen LogP contribution in [0.25, 0.3) is 0 Å². The first-order valence-electron chi connectivity index (χ1n) is 10.6. The van der Waals surface area contributed by atoms with Crippen molar-refractivity contribution >= 4 is 5.78 Å². The van der Waals surface area contributed by atoms with Crippen LogP contribution in [0.5, 0.6) is 0 Å². The molecule has 2 nitrogen and oxygen atoms in total. The van der Waals surface area contributed by atoms with Crippen LogP contribution in [-0.4, -0.2) is 19.0 Å². The molecule has 3 fully saturated rings. The van der Waals surface area contributed by atoms with E-state index < -0.39 is 0 Å². The van der Waals surface area contributed by atoms with Gasteiger partial charge in [0.05, 0.1) is 0 Å². The summed E-state index contributed by atoms with van der Waals surface area (Å²) in [6, 6.07) is 0. The molecule has 0 aliphatic heterocycles. The van der Waals surface area contributed by atoms with Crippen LogP contribution in [0.2, 0.25) is 0 Å². The molecule has 3 aliphatic rings. The van der Waals surface area contributed by atoms with Gasteiger partial charge in [-0.1, -0.05) is 27.2 Å². The number of ketones is 1. The highest BCUT2D eigenvalue weighted by molar-refractivity contribution is 5.87. The lowest BCUT2D eigenvalue weighted by atomic mass is 9.46. The van der Waals surface area contributed by atoms with Crippen LogP contribution in [-0.2, 0) is 9.53 Å². The molecule has 6 unspecified atom stereocenters. The van der Waals surface area contributed by atoms with E-state index in [0.717, 1.165) is 43.8 Å². The first-order valence-corrected chi connectivity index (χ1v) is 10.6. The predicted octanol–water partition coefficient (Wildman–Crippen LogP) is 5.64. The second kappa shape index (κ2) is 7.09. The normalized spacial score (nSPS) is 45.1. The highest BCUT2D eigenvalue weighted by atomic mass is 16.5. The third-order valence-electron chi connectivity index (χ3n) is 8.38. The van der Waals surface area contributed by atoms with Crippen molar-refractivity contribution < 1.29 is 9.53 Å². The summed E-state index contributed by atoms with van der Waals surface area (Å²) < 4.78 is 5.70. The van der Waals surface area contributed by atoms with E-state index in [9.17, 15) is 4.79 Å². The number of ether oxygens (including phenoxy) is 1. The lowest BCUT2D eigenvalue weighted by Crippen LogP contribution is -2.52. The van der Waals surface area contributed by atoms with Crippen LogP contribution >= 0.6 is 0 Å². The largest absolute Gasteiger partial charge is 0.382 e. The Morgan fingerprint density at radius 1 is 1.08 bits per heavy atom. The first-order chi connectivity index (χ1) is 11.5. The van der Waals surface area contributed by atoms with Gasteiger partial charge in [-0.3, -0.25) is 4.79 Å². The molecule has 0 N–H and O–H groups in total. The van der Waals surface area contributed by atoms with E-state index in [0.29, 0.717) is 17.1 Å². The van der Waals surface area contributed by atoms with Crippen molar-refractivity contribution in [1.82, 2.24) is 0 Å². The van der Waals surface area contributed by atoms with Gasteiger partial charge in [0.25, 0.3) is 0 Å². The molecule has 0 heterocycles. The third-order valence-corrected chi connectivity index (χ3v) is 8.38. The monoisotopic (exact) mass is 334 g/mol. The number of fused-ring (bicyclic) bond motifs is 3. The van der Waals surface area contributed by atoms with E-state index >= 15 is 0 Å². The lowest BCUT2D eigenvalue weighted by Gasteiger charge is -2.58. The molecule has 0 bridgehead atoms. The summed E-state index contributed by atoms with van der Waals surface area (Å²) in [7, 11) is 0. The Morgan fingerprint density at radius 3 is 2.58 bits per heavy atom. The minimum Gasteiger partial charge on any atom is -0.382 e. The fraction of sp³-hybridized carbons (Fsp3) is 0.955. The zero-order valence-corrected chi connectivity index (χ0v) is 16.4. The van der Waals surface area contributed by atoms with E-state index in [1.165, 1.54) is 44.9 Å². The average Bonchev–Trinajstić information content (AvgIpc) is 2.86. The summed E-state index contributed by atoms with van der Waals surface area (Å²) in [4.78, 5) is 12.5. The zero-order chi connectivity index (χ0) is 17.4. The van der Waals surface area contributed by atoms with Crippen molar-refractivity contribution in [2.45, 2.75) is 85.5 Å². The van der Waals surface area contributed by atoms with Crippen molar-refractivity contribution in [3.05, 3.63) is 0 Å². The molecule has 3 aliphatic carbocycles. The van der Waals surface area contributed by atoms with Gasteiger partial charge in [0, 0.05) is 25.0 Å². The number of carbonyl (C=O) groups is 1. The molecule has 0 aromatic heterocycles. The zero-order valence-electron chi connectivity index (χ0n) is 16.4. The van der Waals surface area contributed by atoms with E-state index in [1.807, 2.05) is 0 Å². The molecule has 0 amide bonds. The second-order valence-corrected chi connectivity index (χ2v) is 9.31. The minimum absolute atomic E-state index is 0.0203. The van der Waals surface area contributed by atoms with E-state index in [4.69, 9.17) is 4.74 Å². The minimum atomic E-state index is 0.0203. The first kappa shape index (κ1) is 18.4. The number of Topliss-reactive ketones (excluding diaryl/α,β-unsaturated/α-hetero) is 1. The molecule has 3 saturated carbocycles. The van der Waals surface area contributed by atoms with Crippen LogP contribution in [0.4, 0.5) is 0 Å². The van der Waals surface area contributed by atoms with Crippen molar-refractivity contribution in [2.24, 2.45) is 34.5 Å². The maximum Gasteiger partial charge on any atom is 0.139 e. The SMILES string of the molecule is CCCC1(C)C(CCOCC)CCC2C3CCC(=O)C3(C)CCC21. The van der Waals surface area contributed by atoms with Gasteiger partial charge in [-0.05, 0) is 81.0 Å². The van der Waals surface area contributed by atoms with E-state index in [1.54, 1.807) is 0 Å². The van der Waals surface area contributed by atoms with Crippen LogP contribution in [0.15, 0.2) is 0 Å². The van der Waals surface area contributed by atoms with Gasteiger partial charge in [-0.15, -0.1) is 0 Å². The Balaban J connectivity index is 1.80. The Labute approximate surface area is 149 Å². The predicted molar refractivity (Wildman–Crippen MR) is 98.9 cm³/mol. The van der Waals surface area contributed by atoms with E-state index in [2.05, 4.69) is 27.7 Å². The Morgan fingerprint density at radius 2 is 1.88 bits per heavy atom. The molecular weight excluding hydrogens is 296 g/mol. The topological polar surface area (TPSA) is 26.3 Å². The number of hydrogen-bond donors (Lipinski definition) is 0. The number of hydrogen-bond acceptors (Lipinski definition) is 2. The molecule has 0 aromatic carbocycles. The van der Waals surface area contributed by atoms with E-state index in [-0.39, 0.29) is 5.41 Å². The lowest BCUT2D eigenvalue weighted by molar-refractivity contribution is -0.137. The molecule has 3 rings (SSSR count). The van der Waals surface area contributed by atoms with Gasteiger partial charge < -0.3 is 4.74 Å². The quantitative estimate of drug-likeness (QED) is 0.587. The second-order valence-electron chi connectivity index (χ2n) is 9.31. The standard InChI is InChI=1S/C22H38O2/c1-5-13-21(3)16(12-15-24-6-2)7-8-17-18-9-10-20(23)22(18,4)14-11-19(17)21/h16-19H,5-15H2,1-4H3. The summed E-state index contributed by atoms with van der Waals surface area (Å²) in [6.07, 6.45) is 11.0. The Bertz CT molecular complexity index is 459. The fourth-order valence-electron chi connectivity index (χ4n) is 7.08. The summed E-state index contributed by atoms with van der Waals surface area (Å²) in [6.45, 7) is 11.1. The Kier molecular flexibility index (Phi) is 5.45. The van der Waals surface area contributed by atoms with Gasteiger partial charge in [0.2, 0.25) is 0 Å². The molecule has 0 radical (unpaired) electrons. The third kappa shape index (κ3) is 2.87. The molecule has 0 aromatic rings. The summed E-state index contributed by atoms with van der Waals surface area (Å²) >= 11 is 0. The number of rotatable bonds is 6. The smallest absolute Gasteiger partial charge is 0.139 e. The number of carbonyl (C=O) groups excluding carboxylic acids is 1. The summed E-state index contributed by atoms with van der Waals surface area (Å²) in [5.41, 5.74) is 0.480. The maximum absolute atomic E-state index is 12.5. The molecular formula is C22H38O2. The van der Waals surface area contributed by atoms with Crippen molar-refractivity contribution in [1.29, 1.82) is 0 Å². The highest BCUT2D eigenvalue weighted by Gasteiger charge is 2.59. The van der Waals surface area contributed by atoms with Gasteiger partial charge >= 0.3 is 0 Å². The van der Waals surface area contributed by atoms with Crippen LogP contribution in [0.1, 0.15) is 85.5 Å². The molecule has 6 atom stereocenters. The average molecular weight is 335 g/mol. The molecule has 138 valence electrons. The van der Waals surface area contributed by atoms with Gasteiger partial charge in [0.15, 0.2) is 0 Å². The van der Waals surface area contributed by atoms with Crippen molar-refractivity contribution in [3.63, 3.8) is 0 Å². The fourth-order valence-corrected chi connectivity index (χ4v) is 7.08. The highest BCUT2D eigenvalue weighted by Crippen LogP contribution is 2.64. The molecule has 2 heteroatoms. The van der Waals surface area contributed by atoms with Crippen LogP contribution in [0, 0.1) is 34.5 Å².